The average Bonchev–Trinajstić information content (AvgIpc) is 2.39. The van der Waals surface area contributed by atoms with Crippen molar-refractivity contribution >= 4 is 12.0 Å². The molecule has 0 saturated heterocycles. The Kier molecular flexibility index (Phi) is 4.68. The van der Waals surface area contributed by atoms with E-state index in [1.165, 1.54) is 18.2 Å². The van der Waals surface area contributed by atoms with Crippen molar-refractivity contribution in [3.8, 4) is 0 Å². The Labute approximate surface area is 112 Å². The second-order valence-electron chi connectivity index (χ2n) is 4.86. The molecule has 1 saturated carbocycles. The van der Waals surface area contributed by atoms with Crippen molar-refractivity contribution in [2.24, 2.45) is 0 Å². The number of halogens is 1. The maximum absolute atomic E-state index is 12.9. The summed E-state index contributed by atoms with van der Waals surface area (Å²) in [5, 5.41) is 12.5. The van der Waals surface area contributed by atoms with E-state index in [0.29, 0.717) is 5.56 Å². The van der Waals surface area contributed by atoms with Gasteiger partial charge in [0.05, 0.1) is 12.1 Å². The Morgan fingerprint density at radius 1 is 1.37 bits per heavy atom. The van der Waals surface area contributed by atoms with Crippen molar-refractivity contribution < 1.29 is 14.3 Å². The Hall–Kier alpha value is -1.68. The van der Waals surface area contributed by atoms with Gasteiger partial charge in [-0.1, -0.05) is 25.0 Å². The normalized spacial score (nSPS) is 23.5. The highest BCUT2D eigenvalue weighted by atomic mass is 19.1. The molecule has 0 radical (unpaired) electrons. The summed E-state index contributed by atoms with van der Waals surface area (Å²) < 4.78 is 12.9. The van der Waals surface area contributed by atoms with Gasteiger partial charge in [0.2, 0.25) is 5.91 Å². The third-order valence-corrected chi connectivity index (χ3v) is 3.33. The number of rotatable bonds is 3. The van der Waals surface area contributed by atoms with Crippen molar-refractivity contribution in [3.05, 3.63) is 41.7 Å². The van der Waals surface area contributed by atoms with E-state index in [1.807, 2.05) is 0 Å². The van der Waals surface area contributed by atoms with Crippen molar-refractivity contribution in [1.82, 2.24) is 5.32 Å². The first-order chi connectivity index (χ1) is 9.15. The number of hydrogen-bond acceptors (Lipinski definition) is 2. The zero-order valence-electron chi connectivity index (χ0n) is 10.7. The molecular formula is C15H18FNO2. The SMILES string of the molecule is O=C(/C=C/c1cccc(F)c1)N[C@@H]1CCCC[C@H]1O. The van der Waals surface area contributed by atoms with E-state index in [2.05, 4.69) is 5.32 Å². The summed E-state index contributed by atoms with van der Waals surface area (Å²) in [5.74, 6) is -0.583. The summed E-state index contributed by atoms with van der Waals surface area (Å²) in [6, 6.07) is 5.87. The van der Waals surface area contributed by atoms with E-state index in [9.17, 15) is 14.3 Å². The molecule has 1 aliphatic rings. The molecule has 0 bridgehead atoms. The van der Waals surface area contributed by atoms with Crippen molar-refractivity contribution in [1.29, 1.82) is 0 Å². The Balaban J connectivity index is 1.90. The summed E-state index contributed by atoms with van der Waals surface area (Å²) in [4.78, 5) is 11.7. The van der Waals surface area contributed by atoms with E-state index in [-0.39, 0.29) is 17.8 Å². The van der Waals surface area contributed by atoms with Crippen LogP contribution < -0.4 is 5.32 Å². The second-order valence-corrected chi connectivity index (χ2v) is 4.86. The van der Waals surface area contributed by atoms with Gasteiger partial charge in [0, 0.05) is 6.08 Å². The Morgan fingerprint density at radius 3 is 2.89 bits per heavy atom. The molecule has 1 aliphatic carbocycles. The lowest BCUT2D eigenvalue weighted by Gasteiger charge is -2.27. The van der Waals surface area contributed by atoms with Crippen LogP contribution >= 0.6 is 0 Å². The monoisotopic (exact) mass is 263 g/mol. The van der Waals surface area contributed by atoms with E-state index in [4.69, 9.17) is 0 Å². The van der Waals surface area contributed by atoms with Crippen LogP contribution in [0.15, 0.2) is 30.3 Å². The van der Waals surface area contributed by atoms with Gasteiger partial charge in [-0.05, 0) is 36.6 Å². The fourth-order valence-corrected chi connectivity index (χ4v) is 2.29. The second kappa shape index (κ2) is 6.48. The van der Waals surface area contributed by atoms with Gasteiger partial charge in [-0.25, -0.2) is 4.39 Å². The van der Waals surface area contributed by atoms with Gasteiger partial charge >= 0.3 is 0 Å². The highest BCUT2D eigenvalue weighted by Crippen LogP contribution is 2.18. The smallest absolute Gasteiger partial charge is 0.244 e. The number of carbonyl (C=O) groups excluding carboxylic acids is 1. The largest absolute Gasteiger partial charge is 0.391 e. The van der Waals surface area contributed by atoms with Gasteiger partial charge < -0.3 is 10.4 Å². The predicted molar refractivity (Wildman–Crippen MR) is 71.8 cm³/mol. The number of aliphatic hydroxyl groups is 1. The highest BCUT2D eigenvalue weighted by Gasteiger charge is 2.23. The van der Waals surface area contributed by atoms with Crippen LogP contribution in [0, 0.1) is 5.82 Å². The molecule has 1 amide bonds. The number of nitrogens with one attached hydrogen (secondary N) is 1. The molecule has 102 valence electrons. The van der Waals surface area contributed by atoms with Crippen LogP contribution in [0.1, 0.15) is 31.2 Å². The molecule has 0 aromatic heterocycles. The number of carbonyl (C=O) groups is 1. The standard InChI is InChI=1S/C15H18FNO2/c16-12-5-3-4-11(10-12)8-9-15(19)17-13-6-1-2-7-14(13)18/h3-5,8-10,13-14,18H,1-2,6-7H2,(H,17,19)/b9-8+/t13-,14-/m1/s1. The van der Waals surface area contributed by atoms with Crippen LogP contribution in [-0.4, -0.2) is 23.2 Å². The summed E-state index contributed by atoms with van der Waals surface area (Å²) in [6.07, 6.45) is 6.05. The number of aliphatic hydroxyl groups excluding tert-OH is 1. The molecule has 1 aromatic rings. The minimum atomic E-state index is -0.458. The number of benzene rings is 1. The van der Waals surface area contributed by atoms with E-state index < -0.39 is 6.10 Å². The van der Waals surface area contributed by atoms with Gasteiger partial charge in [-0.3, -0.25) is 4.79 Å². The molecule has 4 heteroatoms. The molecule has 2 N–H and O–H groups in total. The molecule has 2 atom stereocenters. The molecule has 0 aliphatic heterocycles. The molecule has 0 spiro atoms. The first-order valence-corrected chi connectivity index (χ1v) is 6.57. The van der Waals surface area contributed by atoms with Crippen LogP contribution in [0.4, 0.5) is 4.39 Å². The van der Waals surface area contributed by atoms with Crippen molar-refractivity contribution in [2.45, 2.75) is 37.8 Å². The molecular weight excluding hydrogens is 245 g/mol. The predicted octanol–water partition coefficient (Wildman–Crippen LogP) is 2.26. The quantitative estimate of drug-likeness (QED) is 0.822. The molecule has 1 aromatic carbocycles. The fraction of sp³-hybridized carbons (Fsp3) is 0.400. The molecule has 0 heterocycles. The molecule has 19 heavy (non-hydrogen) atoms. The number of hydrogen-bond donors (Lipinski definition) is 2. The van der Waals surface area contributed by atoms with Crippen LogP contribution in [0.2, 0.25) is 0 Å². The third kappa shape index (κ3) is 4.17. The lowest BCUT2D eigenvalue weighted by atomic mass is 9.92. The van der Waals surface area contributed by atoms with Crippen LogP contribution in [0.25, 0.3) is 6.08 Å². The van der Waals surface area contributed by atoms with Gasteiger partial charge in [-0.2, -0.15) is 0 Å². The van der Waals surface area contributed by atoms with Crippen LogP contribution in [0.3, 0.4) is 0 Å². The Bertz CT molecular complexity index is 473. The lowest BCUT2D eigenvalue weighted by molar-refractivity contribution is -0.118. The van der Waals surface area contributed by atoms with E-state index in [0.717, 1.165) is 25.7 Å². The molecule has 0 unspecified atom stereocenters. The topological polar surface area (TPSA) is 49.3 Å². The molecule has 3 nitrogen and oxygen atoms in total. The lowest BCUT2D eigenvalue weighted by Crippen LogP contribution is -2.44. The first kappa shape index (κ1) is 13.7. The summed E-state index contributed by atoms with van der Waals surface area (Å²) in [5.41, 5.74) is 0.638. The summed E-state index contributed by atoms with van der Waals surface area (Å²) in [6.45, 7) is 0. The average molecular weight is 263 g/mol. The van der Waals surface area contributed by atoms with Crippen LogP contribution in [0.5, 0.6) is 0 Å². The minimum Gasteiger partial charge on any atom is -0.391 e. The molecule has 2 rings (SSSR count). The van der Waals surface area contributed by atoms with Crippen LogP contribution in [-0.2, 0) is 4.79 Å². The summed E-state index contributed by atoms with van der Waals surface area (Å²) >= 11 is 0. The molecule has 1 fully saturated rings. The minimum absolute atomic E-state index is 0.168. The zero-order chi connectivity index (χ0) is 13.7. The maximum Gasteiger partial charge on any atom is 0.244 e. The van der Waals surface area contributed by atoms with Gasteiger partial charge in [0.1, 0.15) is 5.82 Å². The van der Waals surface area contributed by atoms with Crippen molar-refractivity contribution in [2.75, 3.05) is 0 Å². The zero-order valence-corrected chi connectivity index (χ0v) is 10.7. The van der Waals surface area contributed by atoms with E-state index >= 15 is 0 Å². The van der Waals surface area contributed by atoms with Gasteiger partial charge in [-0.15, -0.1) is 0 Å². The number of amides is 1. The van der Waals surface area contributed by atoms with Gasteiger partial charge in [0.15, 0.2) is 0 Å². The van der Waals surface area contributed by atoms with Gasteiger partial charge in [0.25, 0.3) is 0 Å². The van der Waals surface area contributed by atoms with Crippen molar-refractivity contribution in [3.63, 3.8) is 0 Å². The highest BCUT2D eigenvalue weighted by molar-refractivity contribution is 5.91. The maximum atomic E-state index is 12.9. The van der Waals surface area contributed by atoms with E-state index in [1.54, 1.807) is 18.2 Å². The first-order valence-electron chi connectivity index (χ1n) is 6.57. The third-order valence-electron chi connectivity index (χ3n) is 3.33. The fourth-order valence-electron chi connectivity index (χ4n) is 2.29. The summed E-state index contributed by atoms with van der Waals surface area (Å²) in [7, 11) is 0. The Morgan fingerprint density at radius 2 is 2.16 bits per heavy atom.